The van der Waals surface area contributed by atoms with Crippen molar-refractivity contribution in [3.8, 4) is 0 Å². The minimum atomic E-state index is -1.10. The standard InChI is InChI=1S/C22H23NO4/c1-4-27-22(26)19-17-10-5-6-11-18(17)20(24)23(21(19)25)13-15-8-7-9-16(12-15)14(2)3/h5-12,14,19H,4,13H2,1-3H3. The fraction of sp³-hybridized carbons (Fsp3) is 0.318. The molecule has 0 bridgehead atoms. The van der Waals surface area contributed by atoms with E-state index in [4.69, 9.17) is 4.74 Å². The van der Waals surface area contributed by atoms with Gasteiger partial charge in [0.05, 0.1) is 13.2 Å². The molecule has 0 N–H and O–H groups in total. The monoisotopic (exact) mass is 365 g/mol. The molecule has 2 amide bonds. The zero-order valence-corrected chi connectivity index (χ0v) is 15.8. The van der Waals surface area contributed by atoms with Crippen molar-refractivity contribution in [2.45, 2.75) is 39.2 Å². The number of fused-ring (bicyclic) bond motifs is 1. The molecule has 0 saturated heterocycles. The first-order chi connectivity index (χ1) is 12.9. The van der Waals surface area contributed by atoms with Crippen LogP contribution < -0.4 is 0 Å². The largest absolute Gasteiger partial charge is 0.465 e. The summed E-state index contributed by atoms with van der Waals surface area (Å²) in [5, 5.41) is 0. The molecule has 0 aromatic heterocycles. The Balaban J connectivity index is 1.99. The molecule has 0 aliphatic carbocycles. The summed E-state index contributed by atoms with van der Waals surface area (Å²) in [7, 11) is 0. The van der Waals surface area contributed by atoms with E-state index < -0.39 is 17.8 Å². The number of esters is 1. The number of ether oxygens (including phenoxy) is 1. The Hall–Kier alpha value is -2.95. The number of amides is 2. The van der Waals surface area contributed by atoms with E-state index in [0.717, 1.165) is 16.0 Å². The van der Waals surface area contributed by atoms with Gasteiger partial charge in [0.1, 0.15) is 0 Å². The molecule has 1 atom stereocenters. The number of benzene rings is 2. The highest BCUT2D eigenvalue weighted by molar-refractivity contribution is 6.17. The first-order valence-corrected chi connectivity index (χ1v) is 9.14. The van der Waals surface area contributed by atoms with Gasteiger partial charge in [-0.1, -0.05) is 56.3 Å². The lowest BCUT2D eigenvalue weighted by molar-refractivity contribution is -0.150. The Kier molecular flexibility index (Phi) is 5.40. The highest BCUT2D eigenvalue weighted by Crippen LogP contribution is 2.31. The lowest BCUT2D eigenvalue weighted by atomic mass is 9.88. The molecule has 0 fully saturated rings. The van der Waals surface area contributed by atoms with Crippen LogP contribution in [0.3, 0.4) is 0 Å². The average molecular weight is 365 g/mol. The number of hydrogen-bond donors (Lipinski definition) is 0. The van der Waals surface area contributed by atoms with Crippen molar-refractivity contribution in [2.75, 3.05) is 6.61 Å². The van der Waals surface area contributed by atoms with Crippen LogP contribution in [0, 0.1) is 0 Å². The molecular weight excluding hydrogens is 342 g/mol. The Labute approximate surface area is 158 Å². The van der Waals surface area contributed by atoms with Gasteiger partial charge >= 0.3 is 5.97 Å². The fourth-order valence-corrected chi connectivity index (χ4v) is 3.31. The predicted octanol–water partition coefficient (Wildman–Crippen LogP) is 3.64. The summed E-state index contributed by atoms with van der Waals surface area (Å²) in [6, 6.07) is 14.5. The Morgan fingerprint density at radius 3 is 2.56 bits per heavy atom. The van der Waals surface area contributed by atoms with Gasteiger partial charge in [0.2, 0.25) is 5.91 Å². The fourth-order valence-electron chi connectivity index (χ4n) is 3.31. The second kappa shape index (κ2) is 7.74. The van der Waals surface area contributed by atoms with Crippen molar-refractivity contribution < 1.29 is 19.1 Å². The summed E-state index contributed by atoms with van der Waals surface area (Å²) in [5.74, 6) is -2.31. The van der Waals surface area contributed by atoms with E-state index in [2.05, 4.69) is 13.8 Å². The molecule has 5 nitrogen and oxygen atoms in total. The van der Waals surface area contributed by atoms with Crippen LogP contribution in [-0.2, 0) is 20.9 Å². The van der Waals surface area contributed by atoms with Crippen LogP contribution >= 0.6 is 0 Å². The summed E-state index contributed by atoms with van der Waals surface area (Å²) < 4.78 is 5.10. The van der Waals surface area contributed by atoms with Crippen LogP contribution in [0.4, 0.5) is 0 Å². The molecule has 1 heterocycles. The highest BCUT2D eigenvalue weighted by Gasteiger charge is 2.43. The molecule has 1 aliphatic heterocycles. The van der Waals surface area contributed by atoms with Gasteiger partial charge in [0.15, 0.2) is 5.92 Å². The predicted molar refractivity (Wildman–Crippen MR) is 101 cm³/mol. The Morgan fingerprint density at radius 1 is 1.11 bits per heavy atom. The second-order valence-electron chi connectivity index (χ2n) is 6.90. The Morgan fingerprint density at radius 2 is 1.85 bits per heavy atom. The summed E-state index contributed by atoms with van der Waals surface area (Å²) in [4.78, 5) is 39.6. The number of nitrogens with zero attached hydrogens (tertiary/aromatic N) is 1. The quantitative estimate of drug-likeness (QED) is 0.461. The molecule has 0 radical (unpaired) electrons. The molecule has 1 unspecified atom stereocenters. The minimum Gasteiger partial charge on any atom is -0.465 e. The van der Waals surface area contributed by atoms with Crippen molar-refractivity contribution in [1.82, 2.24) is 4.90 Å². The van der Waals surface area contributed by atoms with Gasteiger partial charge in [-0.05, 0) is 35.6 Å². The molecule has 0 saturated carbocycles. The maximum absolute atomic E-state index is 13.0. The third-order valence-corrected chi connectivity index (χ3v) is 4.74. The van der Waals surface area contributed by atoms with Gasteiger partial charge < -0.3 is 4.74 Å². The molecule has 0 spiro atoms. The van der Waals surface area contributed by atoms with E-state index >= 15 is 0 Å². The molecule has 27 heavy (non-hydrogen) atoms. The summed E-state index contributed by atoms with van der Waals surface area (Å²) >= 11 is 0. The van der Waals surface area contributed by atoms with Crippen molar-refractivity contribution in [3.63, 3.8) is 0 Å². The van der Waals surface area contributed by atoms with E-state index in [9.17, 15) is 14.4 Å². The third-order valence-electron chi connectivity index (χ3n) is 4.74. The SMILES string of the molecule is CCOC(=O)C1C(=O)N(Cc2cccc(C(C)C)c2)C(=O)c2ccccc21. The zero-order chi connectivity index (χ0) is 19.6. The summed E-state index contributed by atoms with van der Waals surface area (Å²) in [6.07, 6.45) is 0. The average Bonchev–Trinajstić information content (AvgIpc) is 2.66. The van der Waals surface area contributed by atoms with Gasteiger partial charge in [0, 0.05) is 5.56 Å². The maximum Gasteiger partial charge on any atom is 0.323 e. The van der Waals surface area contributed by atoms with Gasteiger partial charge in [-0.15, -0.1) is 0 Å². The van der Waals surface area contributed by atoms with Crippen molar-refractivity contribution in [1.29, 1.82) is 0 Å². The van der Waals surface area contributed by atoms with Crippen molar-refractivity contribution >= 4 is 17.8 Å². The molecule has 5 heteroatoms. The summed E-state index contributed by atoms with van der Waals surface area (Å²) in [6.45, 7) is 6.17. The Bertz CT molecular complexity index is 887. The normalized spacial score (nSPS) is 16.4. The van der Waals surface area contributed by atoms with Crippen molar-refractivity contribution in [2.24, 2.45) is 0 Å². The van der Waals surface area contributed by atoms with Gasteiger partial charge in [-0.25, -0.2) is 0 Å². The molecular formula is C22H23NO4. The molecule has 140 valence electrons. The summed E-state index contributed by atoms with van der Waals surface area (Å²) in [5.41, 5.74) is 2.77. The van der Waals surface area contributed by atoms with Gasteiger partial charge in [0.25, 0.3) is 5.91 Å². The van der Waals surface area contributed by atoms with E-state index in [0.29, 0.717) is 17.0 Å². The van der Waals surface area contributed by atoms with Crippen LogP contribution in [0.5, 0.6) is 0 Å². The second-order valence-corrected chi connectivity index (χ2v) is 6.90. The minimum absolute atomic E-state index is 0.127. The molecule has 3 rings (SSSR count). The van der Waals surface area contributed by atoms with Crippen LogP contribution in [-0.4, -0.2) is 29.3 Å². The third kappa shape index (κ3) is 3.63. The number of rotatable bonds is 5. The topological polar surface area (TPSA) is 63.7 Å². The number of imide groups is 1. The van der Waals surface area contributed by atoms with Crippen LogP contribution in [0.2, 0.25) is 0 Å². The lowest BCUT2D eigenvalue weighted by Gasteiger charge is -2.31. The van der Waals surface area contributed by atoms with Crippen LogP contribution in [0.25, 0.3) is 0 Å². The van der Waals surface area contributed by atoms with Crippen LogP contribution in [0.1, 0.15) is 59.7 Å². The highest BCUT2D eigenvalue weighted by atomic mass is 16.5. The van der Waals surface area contributed by atoms with E-state index in [1.165, 1.54) is 0 Å². The smallest absolute Gasteiger partial charge is 0.323 e. The number of hydrogen-bond acceptors (Lipinski definition) is 4. The maximum atomic E-state index is 13.0. The lowest BCUT2D eigenvalue weighted by Crippen LogP contribution is -2.46. The van der Waals surface area contributed by atoms with Crippen molar-refractivity contribution in [3.05, 3.63) is 70.8 Å². The first kappa shape index (κ1) is 18.8. The van der Waals surface area contributed by atoms with E-state index in [-0.39, 0.29) is 19.1 Å². The van der Waals surface area contributed by atoms with Gasteiger partial charge in [-0.2, -0.15) is 0 Å². The number of carbonyl (C=O) groups is 3. The zero-order valence-electron chi connectivity index (χ0n) is 15.8. The van der Waals surface area contributed by atoms with E-state index in [1.54, 1.807) is 31.2 Å². The molecule has 2 aromatic rings. The van der Waals surface area contributed by atoms with E-state index in [1.807, 2.05) is 24.3 Å². The molecule has 2 aromatic carbocycles. The van der Waals surface area contributed by atoms with Gasteiger partial charge in [-0.3, -0.25) is 19.3 Å². The first-order valence-electron chi connectivity index (χ1n) is 9.14. The number of carbonyl (C=O) groups excluding carboxylic acids is 3. The molecule has 1 aliphatic rings. The van der Waals surface area contributed by atoms with Crippen LogP contribution in [0.15, 0.2) is 48.5 Å².